The SMILES string of the molecule is Cc1nc(N)nc(-c2c(Nc3ccnn3C(=O)Nc3cccnc3)nc3ccccn23)n1. The van der Waals surface area contributed by atoms with Gasteiger partial charge >= 0.3 is 6.03 Å². The number of carbonyl (C=O) groups is 1. The van der Waals surface area contributed by atoms with Crippen molar-refractivity contribution in [3.8, 4) is 11.5 Å². The highest BCUT2D eigenvalue weighted by Gasteiger charge is 2.20. The summed E-state index contributed by atoms with van der Waals surface area (Å²) in [4.78, 5) is 34.1. The Morgan fingerprint density at radius 3 is 2.75 bits per heavy atom. The second kappa shape index (κ2) is 7.75. The van der Waals surface area contributed by atoms with Gasteiger partial charge in [0.15, 0.2) is 11.6 Å². The largest absolute Gasteiger partial charge is 0.368 e. The fraction of sp³-hybridized carbons (Fsp3) is 0.0500. The van der Waals surface area contributed by atoms with Crippen LogP contribution in [0.15, 0.2) is 61.2 Å². The predicted octanol–water partition coefficient (Wildman–Crippen LogP) is 2.49. The number of pyridine rings is 2. The number of aromatic nitrogens is 8. The van der Waals surface area contributed by atoms with Gasteiger partial charge in [-0.05, 0) is 31.2 Å². The Kier molecular flexibility index (Phi) is 4.63. The number of nitrogens with one attached hydrogen (secondary N) is 2. The van der Waals surface area contributed by atoms with Crippen LogP contribution < -0.4 is 16.4 Å². The number of imidazole rings is 1. The van der Waals surface area contributed by atoms with Crippen LogP contribution in [0.1, 0.15) is 5.82 Å². The summed E-state index contributed by atoms with van der Waals surface area (Å²) < 4.78 is 3.01. The molecule has 5 aromatic rings. The van der Waals surface area contributed by atoms with Crippen molar-refractivity contribution in [3.63, 3.8) is 0 Å². The van der Waals surface area contributed by atoms with E-state index in [0.29, 0.717) is 40.3 Å². The summed E-state index contributed by atoms with van der Waals surface area (Å²) >= 11 is 0. The van der Waals surface area contributed by atoms with E-state index in [0.717, 1.165) is 0 Å². The third kappa shape index (κ3) is 3.56. The second-order valence-electron chi connectivity index (χ2n) is 6.73. The molecule has 12 nitrogen and oxygen atoms in total. The van der Waals surface area contributed by atoms with E-state index in [2.05, 4.69) is 40.7 Å². The molecule has 0 spiro atoms. The van der Waals surface area contributed by atoms with Gasteiger partial charge < -0.3 is 16.4 Å². The van der Waals surface area contributed by atoms with Gasteiger partial charge in [-0.2, -0.15) is 19.7 Å². The van der Waals surface area contributed by atoms with Crippen molar-refractivity contribution in [1.29, 1.82) is 0 Å². The Hall–Kier alpha value is -4.87. The van der Waals surface area contributed by atoms with Crippen LogP contribution in [0.5, 0.6) is 0 Å². The lowest BCUT2D eigenvalue weighted by Gasteiger charge is -2.10. The molecule has 0 unspecified atom stereocenters. The lowest BCUT2D eigenvalue weighted by molar-refractivity contribution is 0.251. The maximum Gasteiger partial charge on any atom is 0.348 e. The number of fused-ring (bicyclic) bond motifs is 1. The van der Waals surface area contributed by atoms with Crippen LogP contribution >= 0.6 is 0 Å². The summed E-state index contributed by atoms with van der Waals surface area (Å²) in [5.41, 5.74) is 7.62. The average Bonchev–Trinajstić information content (AvgIpc) is 3.38. The first-order valence-corrected chi connectivity index (χ1v) is 9.56. The van der Waals surface area contributed by atoms with Crippen LogP contribution in [0.2, 0.25) is 0 Å². The second-order valence-corrected chi connectivity index (χ2v) is 6.73. The van der Waals surface area contributed by atoms with Gasteiger partial charge in [0.05, 0.1) is 18.1 Å². The Bertz CT molecular complexity index is 1400. The quantitative estimate of drug-likeness (QED) is 0.392. The van der Waals surface area contributed by atoms with Gasteiger partial charge in [-0.15, -0.1) is 0 Å². The Morgan fingerprint density at radius 1 is 1.03 bits per heavy atom. The van der Waals surface area contributed by atoms with Crippen molar-refractivity contribution in [2.75, 3.05) is 16.4 Å². The van der Waals surface area contributed by atoms with Gasteiger partial charge in [-0.1, -0.05) is 6.07 Å². The summed E-state index contributed by atoms with van der Waals surface area (Å²) in [7, 11) is 0. The third-order valence-corrected chi connectivity index (χ3v) is 4.50. The molecule has 0 aliphatic rings. The molecule has 5 heterocycles. The number of hydrogen-bond acceptors (Lipinski definition) is 9. The van der Waals surface area contributed by atoms with Gasteiger partial charge in [0.25, 0.3) is 0 Å². The molecular formula is C20H17N11O. The molecule has 0 aromatic carbocycles. The smallest absolute Gasteiger partial charge is 0.348 e. The van der Waals surface area contributed by atoms with E-state index in [9.17, 15) is 4.79 Å². The Balaban J connectivity index is 1.55. The van der Waals surface area contributed by atoms with Gasteiger partial charge in [0.2, 0.25) is 5.95 Å². The molecular weight excluding hydrogens is 410 g/mol. The fourth-order valence-electron chi connectivity index (χ4n) is 3.20. The molecule has 5 aromatic heterocycles. The number of anilines is 4. The van der Waals surface area contributed by atoms with Crippen LogP contribution in [-0.2, 0) is 0 Å². The minimum absolute atomic E-state index is 0.102. The molecule has 0 fully saturated rings. The standard InChI is InChI=1S/C20H17N11O/c1-12-24-17(29-19(21)25-12)16-18(27-14-6-2-3-10-30(14)16)28-15-7-9-23-31(15)20(32)26-13-5-4-8-22-11-13/h2-11,28H,1H3,(H,26,32)(H2,21,24,25,29). The molecule has 0 aliphatic carbocycles. The molecule has 0 bridgehead atoms. The van der Waals surface area contributed by atoms with Crippen molar-refractivity contribution in [3.05, 3.63) is 67.0 Å². The highest BCUT2D eigenvalue weighted by Crippen LogP contribution is 2.29. The number of carbonyl (C=O) groups excluding carboxylic acids is 1. The van der Waals surface area contributed by atoms with E-state index in [1.165, 1.54) is 10.9 Å². The molecule has 12 heteroatoms. The number of hydrogen-bond donors (Lipinski definition) is 3. The molecule has 0 saturated carbocycles. The van der Waals surface area contributed by atoms with Crippen molar-refractivity contribution in [2.45, 2.75) is 6.92 Å². The summed E-state index contributed by atoms with van der Waals surface area (Å²) in [5, 5.41) is 10.0. The summed E-state index contributed by atoms with van der Waals surface area (Å²) in [6, 6.07) is 10.2. The first-order valence-electron chi connectivity index (χ1n) is 9.56. The molecule has 0 aliphatic heterocycles. The number of amides is 1. The van der Waals surface area contributed by atoms with E-state index < -0.39 is 6.03 Å². The van der Waals surface area contributed by atoms with E-state index in [-0.39, 0.29) is 5.95 Å². The summed E-state index contributed by atoms with van der Waals surface area (Å²) in [5.74, 6) is 1.75. The first kappa shape index (κ1) is 19.1. The van der Waals surface area contributed by atoms with Crippen LogP contribution in [0.25, 0.3) is 17.2 Å². The molecule has 1 amide bonds. The van der Waals surface area contributed by atoms with Gasteiger partial charge in [-0.25, -0.2) is 14.8 Å². The van der Waals surface area contributed by atoms with Gasteiger partial charge in [0, 0.05) is 18.5 Å². The molecule has 158 valence electrons. The highest BCUT2D eigenvalue weighted by atomic mass is 16.2. The van der Waals surface area contributed by atoms with Crippen molar-refractivity contribution < 1.29 is 4.79 Å². The Morgan fingerprint density at radius 2 is 1.94 bits per heavy atom. The Labute approximate surface area is 181 Å². The minimum atomic E-state index is -0.462. The maximum atomic E-state index is 12.7. The van der Waals surface area contributed by atoms with Crippen molar-refractivity contribution in [2.24, 2.45) is 0 Å². The lowest BCUT2D eigenvalue weighted by Crippen LogP contribution is -2.22. The number of aryl methyl sites for hydroxylation is 1. The van der Waals surface area contributed by atoms with Gasteiger partial charge in [-0.3, -0.25) is 9.38 Å². The number of nitrogens with two attached hydrogens (primary N) is 1. The van der Waals surface area contributed by atoms with E-state index >= 15 is 0 Å². The van der Waals surface area contributed by atoms with Crippen LogP contribution in [0.3, 0.4) is 0 Å². The normalized spacial score (nSPS) is 10.9. The predicted molar refractivity (Wildman–Crippen MR) is 117 cm³/mol. The molecule has 5 rings (SSSR count). The monoisotopic (exact) mass is 427 g/mol. The first-order chi connectivity index (χ1) is 15.6. The zero-order chi connectivity index (χ0) is 22.1. The van der Waals surface area contributed by atoms with Crippen molar-refractivity contribution in [1.82, 2.24) is 39.1 Å². The zero-order valence-corrected chi connectivity index (χ0v) is 16.8. The highest BCUT2D eigenvalue weighted by molar-refractivity contribution is 5.92. The fourth-order valence-corrected chi connectivity index (χ4v) is 3.20. The molecule has 0 atom stereocenters. The number of nitrogens with zero attached hydrogens (tertiary/aromatic N) is 8. The van der Waals surface area contributed by atoms with Crippen LogP contribution in [0.4, 0.5) is 28.1 Å². The zero-order valence-electron chi connectivity index (χ0n) is 16.8. The van der Waals surface area contributed by atoms with Crippen molar-refractivity contribution >= 4 is 34.9 Å². The lowest BCUT2D eigenvalue weighted by atomic mass is 10.3. The van der Waals surface area contributed by atoms with Crippen LogP contribution in [0, 0.1) is 6.92 Å². The third-order valence-electron chi connectivity index (χ3n) is 4.50. The minimum Gasteiger partial charge on any atom is -0.368 e. The average molecular weight is 427 g/mol. The summed E-state index contributed by atoms with van der Waals surface area (Å²) in [6.07, 6.45) is 6.51. The molecule has 4 N–H and O–H groups in total. The van der Waals surface area contributed by atoms with Gasteiger partial charge in [0.1, 0.15) is 23.0 Å². The van der Waals surface area contributed by atoms with E-state index in [1.807, 2.05) is 28.8 Å². The van der Waals surface area contributed by atoms with Crippen LogP contribution in [-0.4, -0.2) is 45.1 Å². The molecule has 0 radical (unpaired) electrons. The topological polar surface area (TPSA) is 154 Å². The number of rotatable bonds is 4. The van der Waals surface area contributed by atoms with E-state index in [4.69, 9.17) is 5.73 Å². The number of nitrogen functional groups attached to an aromatic ring is 1. The van der Waals surface area contributed by atoms with E-state index in [1.54, 1.807) is 37.5 Å². The summed E-state index contributed by atoms with van der Waals surface area (Å²) in [6.45, 7) is 1.73. The molecule has 0 saturated heterocycles. The molecule has 32 heavy (non-hydrogen) atoms. The maximum absolute atomic E-state index is 12.7.